The predicted molar refractivity (Wildman–Crippen MR) is 153 cm³/mol. The molecule has 3 fully saturated rings. The molecule has 3 heterocycles. The van der Waals surface area contributed by atoms with Crippen molar-refractivity contribution in [1.29, 1.82) is 0 Å². The zero-order chi connectivity index (χ0) is 33.7. The lowest BCUT2D eigenvalue weighted by Crippen LogP contribution is -2.83. The fourth-order valence-corrected chi connectivity index (χ4v) is 7.68. The molecule has 0 aromatic carbocycles. The van der Waals surface area contributed by atoms with E-state index in [0.717, 1.165) is 20.1 Å². The first-order valence-electron chi connectivity index (χ1n) is 14.8. The lowest BCUT2D eigenvalue weighted by molar-refractivity contribution is -0.354. The predicted octanol–water partition coefficient (Wildman–Crippen LogP) is 2.56. The van der Waals surface area contributed by atoms with Crippen LogP contribution in [0.5, 0.6) is 0 Å². The Kier molecular flexibility index (Phi) is 8.49. The van der Waals surface area contributed by atoms with Gasteiger partial charge in [-0.1, -0.05) is 0 Å². The Morgan fingerprint density at radius 1 is 0.913 bits per heavy atom. The van der Waals surface area contributed by atoms with Crippen LogP contribution < -0.4 is 0 Å². The standard InChI is InChI=1S/C32H37NO13/c1-17(34)41-16-31-24(44-27(37)20-8-7-10-33-14-20)12-22-25(43-19(3)36)32(31,46-29(22,4)5)30(6,39)13-23(42-18(2)35)26(31)45-28(38)21-9-11-40-15-21/h7-11,14-15,22-26,39H,12-13,16H2,1-6H3. The van der Waals surface area contributed by atoms with Crippen LogP contribution in [0.15, 0.2) is 47.5 Å². The first kappa shape index (κ1) is 33.1. The second-order valence-corrected chi connectivity index (χ2v) is 12.7. The highest BCUT2D eigenvalue weighted by Gasteiger charge is 2.86. The summed E-state index contributed by atoms with van der Waals surface area (Å²) >= 11 is 0. The van der Waals surface area contributed by atoms with Gasteiger partial charge in [0.2, 0.25) is 0 Å². The SMILES string of the molecule is CC(=O)OCC12C(OC(=O)c3cccnc3)CC3C(OC(C)=O)C1(OC3(C)C)C(C)(O)CC(OC(C)=O)C2OC(=O)c1ccoc1. The summed E-state index contributed by atoms with van der Waals surface area (Å²) < 4.78 is 41.5. The van der Waals surface area contributed by atoms with Gasteiger partial charge >= 0.3 is 29.8 Å². The molecule has 14 nitrogen and oxygen atoms in total. The van der Waals surface area contributed by atoms with Crippen molar-refractivity contribution in [2.45, 2.75) is 95.6 Å². The van der Waals surface area contributed by atoms with Gasteiger partial charge in [-0.25, -0.2) is 9.59 Å². The zero-order valence-corrected chi connectivity index (χ0v) is 26.3. The van der Waals surface area contributed by atoms with Crippen LogP contribution in [0.4, 0.5) is 0 Å². The molecule has 5 rings (SSSR count). The first-order chi connectivity index (χ1) is 21.6. The van der Waals surface area contributed by atoms with Gasteiger partial charge in [0.05, 0.1) is 28.6 Å². The minimum Gasteiger partial charge on any atom is -0.472 e. The number of ether oxygens (including phenoxy) is 6. The average Bonchev–Trinajstić information content (AvgIpc) is 3.56. The molecule has 14 heteroatoms. The number of esters is 5. The van der Waals surface area contributed by atoms with Crippen LogP contribution in [0.3, 0.4) is 0 Å². The molecule has 0 radical (unpaired) electrons. The van der Waals surface area contributed by atoms with E-state index in [1.807, 2.05) is 0 Å². The van der Waals surface area contributed by atoms with E-state index in [4.69, 9.17) is 32.8 Å². The summed E-state index contributed by atoms with van der Waals surface area (Å²) in [5.74, 6) is -4.67. The number of carbonyl (C=O) groups excluding carboxylic acids is 5. The minimum atomic E-state index is -2.06. The molecular formula is C32H37NO13. The average molecular weight is 644 g/mol. The zero-order valence-electron chi connectivity index (χ0n) is 26.3. The van der Waals surface area contributed by atoms with Gasteiger partial charge in [-0.05, 0) is 45.4 Å². The Labute approximate surface area is 264 Å². The van der Waals surface area contributed by atoms with Crippen molar-refractivity contribution >= 4 is 29.8 Å². The van der Waals surface area contributed by atoms with Crippen LogP contribution in [0.1, 0.15) is 75.1 Å². The van der Waals surface area contributed by atoms with E-state index in [0.29, 0.717) is 0 Å². The molecule has 0 amide bonds. The fourth-order valence-electron chi connectivity index (χ4n) is 7.68. The molecule has 1 saturated heterocycles. The van der Waals surface area contributed by atoms with Crippen molar-refractivity contribution in [3.05, 3.63) is 54.2 Å². The van der Waals surface area contributed by atoms with Gasteiger partial charge in [0, 0.05) is 45.5 Å². The van der Waals surface area contributed by atoms with Crippen LogP contribution in [0.2, 0.25) is 0 Å². The maximum atomic E-state index is 13.7. The number of pyridine rings is 1. The van der Waals surface area contributed by atoms with E-state index in [-0.39, 0.29) is 24.0 Å². The number of rotatable bonds is 8. The van der Waals surface area contributed by atoms with Gasteiger partial charge in [-0.15, -0.1) is 0 Å². The Bertz CT molecular complexity index is 1500. The van der Waals surface area contributed by atoms with Crippen LogP contribution in [-0.4, -0.2) is 87.8 Å². The third-order valence-electron chi connectivity index (χ3n) is 9.32. The Morgan fingerprint density at radius 2 is 1.61 bits per heavy atom. The molecule has 8 unspecified atom stereocenters. The molecule has 2 saturated carbocycles. The van der Waals surface area contributed by atoms with E-state index in [1.54, 1.807) is 13.8 Å². The Hall–Kier alpha value is -4.30. The molecule has 2 aromatic heterocycles. The van der Waals surface area contributed by atoms with Gasteiger partial charge in [0.15, 0.2) is 11.7 Å². The highest BCUT2D eigenvalue weighted by atomic mass is 16.6. The summed E-state index contributed by atoms with van der Waals surface area (Å²) in [5, 5.41) is 12.5. The molecule has 248 valence electrons. The summed E-state index contributed by atoms with van der Waals surface area (Å²) in [5.41, 5.74) is -7.21. The summed E-state index contributed by atoms with van der Waals surface area (Å²) in [6.45, 7) is 7.66. The van der Waals surface area contributed by atoms with Crippen molar-refractivity contribution < 1.29 is 61.9 Å². The fraction of sp³-hybridized carbons (Fsp3) is 0.562. The van der Waals surface area contributed by atoms with E-state index in [9.17, 15) is 29.1 Å². The number of aliphatic hydroxyl groups is 1. The second kappa shape index (κ2) is 11.8. The first-order valence-corrected chi connectivity index (χ1v) is 14.8. The Morgan fingerprint density at radius 3 is 2.20 bits per heavy atom. The Balaban J connectivity index is 1.81. The van der Waals surface area contributed by atoms with Crippen molar-refractivity contribution in [2.24, 2.45) is 11.3 Å². The summed E-state index contributed by atoms with van der Waals surface area (Å²) in [6.07, 6.45) is -0.825. The van der Waals surface area contributed by atoms with Crippen molar-refractivity contribution in [3.63, 3.8) is 0 Å². The number of aromatic nitrogens is 1. The lowest BCUT2D eigenvalue weighted by atomic mass is 9.46. The summed E-state index contributed by atoms with van der Waals surface area (Å²) in [6, 6.07) is 4.38. The molecule has 3 aliphatic rings. The highest BCUT2D eigenvalue weighted by Crippen LogP contribution is 2.69. The van der Waals surface area contributed by atoms with E-state index < -0.39 is 89.0 Å². The third kappa shape index (κ3) is 5.32. The molecule has 1 spiro atoms. The van der Waals surface area contributed by atoms with Gasteiger partial charge in [0.1, 0.15) is 36.6 Å². The molecule has 46 heavy (non-hydrogen) atoms. The number of nitrogens with zero attached hydrogens (tertiary/aromatic N) is 1. The van der Waals surface area contributed by atoms with Gasteiger partial charge < -0.3 is 37.9 Å². The maximum absolute atomic E-state index is 13.7. The number of fused-ring (bicyclic) bond motifs is 1. The molecule has 8 atom stereocenters. The molecular weight excluding hydrogens is 606 g/mol. The van der Waals surface area contributed by atoms with Crippen LogP contribution in [0.25, 0.3) is 0 Å². The molecule has 2 aliphatic carbocycles. The van der Waals surface area contributed by atoms with Crippen LogP contribution in [-0.2, 0) is 42.8 Å². The number of hydrogen-bond donors (Lipinski definition) is 1. The quantitative estimate of drug-likeness (QED) is 0.327. The van der Waals surface area contributed by atoms with Crippen molar-refractivity contribution in [2.75, 3.05) is 6.61 Å². The molecule has 1 N–H and O–H groups in total. The van der Waals surface area contributed by atoms with E-state index in [1.165, 1.54) is 50.7 Å². The molecule has 1 aliphatic heterocycles. The van der Waals surface area contributed by atoms with Gasteiger partial charge in [0.25, 0.3) is 0 Å². The maximum Gasteiger partial charge on any atom is 0.341 e. The number of furan rings is 1. The van der Waals surface area contributed by atoms with Crippen molar-refractivity contribution in [3.8, 4) is 0 Å². The second-order valence-electron chi connectivity index (χ2n) is 12.7. The van der Waals surface area contributed by atoms with Crippen molar-refractivity contribution in [1.82, 2.24) is 4.98 Å². The molecule has 2 bridgehead atoms. The largest absolute Gasteiger partial charge is 0.472 e. The minimum absolute atomic E-state index is 0.00242. The number of hydrogen-bond acceptors (Lipinski definition) is 14. The smallest absolute Gasteiger partial charge is 0.341 e. The lowest BCUT2D eigenvalue weighted by Gasteiger charge is -2.65. The molecule has 2 aromatic rings. The normalized spacial score (nSPS) is 34.0. The topological polar surface area (TPSA) is 187 Å². The monoisotopic (exact) mass is 643 g/mol. The van der Waals surface area contributed by atoms with E-state index >= 15 is 0 Å². The van der Waals surface area contributed by atoms with Gasteiger partial charge in [-0.3, -0.25) is 19.4 Å². The third-order valence-corrected chi connectivity index (χ3v) is 9.32. The number of carbonyl (C=O) groups is 5. The van der Waals surface area contributed by atoms with Crippen LogP contribution >= 0.6 is 0 Å². The van der Waals surface area contributed by atoms with Crippen LogP contribution in [0, 0.1) is 11.3 Å². The van der Waals surface area contributed by atoms with E-state index in [2.05, 4.69) is 4.98 Å². The highest BCUT2D eigenvalue weighted by molar-refractivity contribution is 5.90. The van der Waals surface area contributed by atoms with Gasteiger partial charge in [-0.2, -0.15) is 0 Å². The summed E-state index contributed by atoms with van der Waals surface area (Å²) in [7, 11) is 0. The summed E-state index contributed by atoms with van der Waals surface area (Å²) in [4.78, 5) is 69.0.